The maximum absolute atomic E-state index is 11.6. The van der Waals surface area contributed by atoms with E-state index in [0.29, 0.717) is 11.9 Å². The van der Waals surface area contributed by atoms with Crippen molar-refractivity contribution in [1.29, 1.82) is 0 Å². The van der Waals surface area contributed by atoms with Crippen LogP contribution < -0.4 is 14.1 Å². The van der Waals surface area contributed by atoms with Crippen LogP contribution in [0.25, 0.3) is 0 Å². The van der Waals surface area contributed by atoms with E-state index in [0.717, 1.165) is 11.4 Å². The molecule has 0 N–H and O–H groups in total. The third-order valence-electron chi connectivity index (χ3n) is 2.23. The Morgan fingerprint density at radius 1 is 0.842 bits per heavy atom. The summed E-state index contributed by atoms with van der Waals surface area (Å²) in [6, 6.07) is 0. The number of hydrogen-bond donors (Lipinski definition) is 0. The topological polar surface area (TPSA) is 91.8 Å². The van der Waals surface area contributed by atoms with Crippen LogP contribution in [0.1, 0.15) is 0 Å². The Hall–Kier alpha value is -1.68. The molecule has 0 aliphatic heterocycles. The molecule has 0 aliphatic carbocycles. The largest absolute Gasteiger partial charge is 0.364 e. The molecule has 0 radical (unpaired) electrons. The minimum Gasteiger partial charge on any atom is -0.347 e. The summed E-state index contributed by atoms with van der Waals surface area (Å²) < 4.78 is 28.6. The molecule has 1 heterocycles. The highest BCUT2D eigenvalue weighted by Gasteiger charge is 2.22. The van der Waals surface area contributed by atoms with Crippen LogP contribution in [-0.4, -0.2) is 65.7 Å². The molecule has 0 saturated heterocycles. The number of rotatable bonds is 5. The van der Waals surface area contributed by atoms with Crippen LogP contribution >= 0.6 is 0 Å². The Morgan fingerprint density at radius 2 is 1.21 bits per heavy atom. The third-order valence-corrected chi connectivity index (χ3v) is 3.48. The second-order valence-electron chi connectivity index (χ2n) is 4.12. The molecule has 0 atom stereocenters. The predicted octanol–water partition coefficient (Wildman–Crippen LogP) is -0.669. The van der Waals surface area contributed by atoms with Crippen molar-refractivity contribution in [2.75, 3.05) is 56.5 Å². The number of aromatic nitrogens is 3. The summed E-state index contributed by atoms with van der Waals surface area (Å²) >= 11 is 0. The molecule has 0 bridgehead atoms. The Bertz CT molecular complexity index is 519. The van der Waals surface area contributed by atoms with E-state index in [1.54, 1.807) is 38.0 Å². The first-order valence-electron chi connectivity index (χ1n) is 5.34. The van der Waals surface area contributed by atoms with Gasteiger partial charge in [0, 0.05) is 35.2 Å². The molecular weight excluding hydrogens is 272 g/mol. The molecule has 1 rings (SSSR count). The lowest BCUT2D eigenvalue weighted by molar-refractivity contribution is 0.396. The number of anilines is 3. The Kier molecular flexibility index (Phi) is 4.48. The zero-order valence-corrected chi connectivity index (χ0v) is 12.6. The van der Waals surface area contributed by atoms with Gasteiger partial charge in [0.25, 0.3) is 0 Å². The second kappa shape index (κ2) is 5.53. The van der Waals surface area contributed by atoms with Crippen LogP contribution in [0.15, 0.2) is 0 Å². The Balaban J connectivity index is 3.35. The van der Waals surface area contributed by atoms with Gasteiger partial charge in [-0.1, -0.05) is 0 Å². The van der Waals surface area contributed by atoms with Crippen LogP contribution in [-0.2, 0) is 14.5 Å². The van der Waals surface area contributed by atoms with Gasteiger partial charge in [0.05, 0.1) is 7.11 Å². The maximum Gasteiger partial charge on any atom is 0.364 e. The first-order chi connectivity index (χ1) is 8.69. The van der Waals surface area contributed by atoms with Crippen LogP contribution in [0.3, 0.4) is 0 Å². The van der Waals surface area contributed by atoms with Crippen molar-refractivity contribution < 1.29 is 12.6 Å². The van der Waals surface area contributed by atoms with Gasteiger partial charge in [-0.15, -0.1) is 0 Å². The van der Waals surface area contributed by atoms with E-state index in [-0.39, 0.29) is 5.95 Å². The van der Waals surface area contributed by atoms with Gasteiger partial charge in [0.2, 0.25) is 17.8 Å². The van der Waals surface area contributed by atoms with Gasteiger partial charge in [-0.3, -0.25) is 4.18 Å². The molecule has 9 nitrogen and oxygen atoms in total. The van der Waals surface area contributed by atoms with Crippen molar-refractivity contribution in [3.05, 3.63) is 0 Å². The van der Waals surface area contributed by atoms with E-state index >= 15 is 0 Å². The minimum atomic E-state index is -3.89. The maximum atomic E-state index is 11.6. The summed E-state index contributed by atoms with van der Waals surface area (Å²) in [4.78, 5) is 15.7. The minimum absolute atomic E-state index is 0.00995. The quantitative estimate of drug-likeness (QED) is 0.705. The molecule has 0 aromatic carbocycles. The fourth-order valence-corrected chi connectivity index (χ4v) is 1.60. The fraction of sp³-hybridized carbons (Fsp3) is 0.667. The summed E-state index contributed by atoms with van der Waals surface area (Å²) in [6.45, 7) is 0. The van der Waals surface area contributed by atoms with Gasteiger partial charge >= 0.3 is 10.3 Å². The summed E-state index contributed by atoms with van der Waals surface area (Å²) in [5, 5.41) is 0. The van der Waals surface area contributed by atoms with Crippen molar-refractivity contribution in [3.8, 4) is 0 Å². The molecule has 0 spiro atoms. The smallest absolute Gasteiger partial charge is 0.347 e. The van der Waals surface area contributed by atoms with Crippen LogP contribution in [0, 0.1) is 0 Å². The Labute approximate surface area is 113 Å². The highest BCUT2D eigenvalue weighted by molar-refractivity contribution is 7.88. The zero-order valence-electron chi connectivity index (χ0n) is 11.8. The molecule has 10 heteroatoms. The lowest BCUT2D eigenvalue weighted by Gasteiger charge is -2.20. The normalized spacial score (nSPS) is 11.3. The molecule has 0 amide bonds. The molecule has 0 fully saturated rings. The Morgan fingerprint density at radius 3 is 1.53 bits per heavy atom. The molecule has 1 aromatic heterocycles. The summed E-state index contributed by atoms with van der Waals surface area (Å²) in [5.74, 6) is 0.697. The zero-order chi connectivity index (χ0) is 14.8. The van der Waals surface area contributed by atoms with E-state index in [2.05, 4.69) is 19.1 Å². The summed E-state index contributed by atoms with van der Waals surface area (Å²) in [5.41, 5.74) is 0. The summed E-state index contributed by atoms with van der Waals surface area (Å²) in [6.07, 6.45) is 0. The summed E-state index contributed by atoms with van der Waals surface area (Å²) in [7, 11) is 5.51. The molecule has 0 aliphatic rings. The van der Waals surface area contributed by atoms with E-state index < -0.39 is 10.3 Å². The van der Waals surface area contributed by atoms with E-state index in [1.807, 2.05) is 0 Å². The van der Waals surface area contributed by atoms with Gasteiger partial charge < -0.3 is 9.80 Å². The SMILES string of the molecule is COS(=O)(=O)N(C)c1nc(N(C)C)nc(N(C)C)n1. The van der Waals surface area contributed by atoms with E-state index in [4.69, 9.17) is 0 Å². The first-order valence-corrected chi connectivity index (χ1v) is 6.70. The van der Waals surface area contributed by atoms with Gasteiger partial charge in [-0.2, -0.15) is 23.4 Å². The third kappa shape index (κ3) is 3.41. The van der Waals surface area contributed by atoms with Crippen molar-refractivity contribution in [2.24, 2.45) is 0 Å². The van der Waals surface area contributed by atoms with Gasteiger partial charge in [0.15, 0.2) is 0 Å². The molecule has 19 heavy (non-hydrogen) atoms. The first kappa shape index (κ1) is 15.4. The van der Waals surface area contributed by atoms with Crippen molar-refractivity contribution >= 4 is 28.1 Å². The van der Waals surface area contributed by atoms with Gasteiger partial charge in [-0.05, 0) is 0 Å². The standard InChI is InChI=1S/C9H18N6O3S/c1-13(2)7-10-8(14(3)4)12-9(11-7)15(5)19(16,17)18-6/h1-6H3. The van der Waals surface area contributed by atoms with E-state index in [9.17, 15) is 8.42 Å². The highest BCUT2D eigenvalue weighted by atomic mass is 32.2. The molecule has 108 valence electrons. The highest BCUT2D eigenvalue weighted by Crippen LogP contribution is 2.18. The number of hydrogen-bond acceptors (Lipinski definition) is 8. The average molecular weight is 290 g/mol. The lowest BCUT2D eigenvalue weighted by atomic mass is 10.7. The van der Waals surface area contributed by atoms with E-state index in [1.165, 1.54) is 7.05 Å². The van der Waals surface area contributed by atoms with Crippen LogP contribution in [0.5, 0.6) is 0 Å². The monoisotopic (exact) mass is 290 g/mol. The lowest BCUT2D eigenvalue weighted by Crippen LogP contribution is -2.30. The molecule has 0 saturated carbocycles. The fourth-order valence-electron chi connectivity index (χ4n) is 1.10. The van der Waals surface area contributed by atoms with Crippen molar-refractivity contribution in [2.45, 2.75) is 0 Å². The van der Waals surface area contributed by atoms with Crippen LogP contribution in [0.4, 0.5) is 17.8 Å². The molecular formula is C9H18N6O3S. The van der Waals surface area contributed by atoms with Gasteiger partial charge in [-0.25, -0.2) is 4.31 Å². The molecule has 0 unspecified atom stereocenters. The molecule has 1 aromatic rings. The van der Waals surface area contributed by atoms with Crippen LogP contribution in [0.2, 0.25) is 0 Å². The predicted molar refractivity (Wildman–Crippen MR) is 72.8 cm³/mol. The van der Waals surface area contributed by atoms with Gasteiger partial charge in [0.1, 0.15) is 0 Å². The number of nitrogens with zero attached hydrogens (tertiary/aromatic N) is 6. The van der Waals surface area contributed by atoms with Crippen molar-refractivity contribution in [3.63, 3.8) is 0 Å². The average Bonchev–Trinajstić information content (AvgIpc) is 2.37. The second-order valence-corrected chi connectivity index (χ2v) is 5.85. The van der Waals surface area contributed by atoms with Crippen molar-refractivity contribution in [1.82, 2.24) is 15.0 Å².